The predicted molar refractivity (Wildman–Crippen MR) is 93.0 cm³/mol. The molecule has 112 valence electrons. The SMILES string of the molecule is COc1cc(O)ccc1C=C1C(=O)Nc2c(Br)cc(Br)cc21. The minimum atomic E-state index is -0.177. The zero-order chi connectivity index (χ0) is 15.9. The van der Waals surface area contributed by atoms with Crippen molar-refractivity contribution in [1.82, 2.24) is 0 Å². The number of methoxy groups -OCH3 is 1. The van der Waals surface area contributed by atoms with Crippen molar-refractivity contribution in [3.63, 3.8) is 0 Å². The highest BCUT2D eigenvalue weighted by Gasteiger charge is 2.26. The summed E-state index contributed by atoms with van der Waals surface area (Å²) < 4.78 is 6.94. The van der Waals surface area contributed by atoms with Crippen LogP contribution in [0.15, 0.2) is 39.3 Å². The van der Waals surface area contributed by atoms with Crippen molar-refractivity contribution >= 4 is 55.1 Å². The first-order valence-electron chi connectivity index (χ1n) is 6.39. The lowest BCUT2D eigenvalue weighted by Crippen LogP contribution is -2.04. The van der Waals surface area contributed by atoms with Gasteiger partial charge in [0.25, 0.3) is 5.91 Å². The number of fused-ring (bicyclic) bond motifs is 1. The van der Waals surface area contributed by atoms with E-state index >= 15 is 0 Å². The van der Waals surface area contributed by atoms with Gasteiger partial charge in [-0.05, 0) is 46.3 Å². The van der Waals surface area contributed by atoms with E-state index in [0.717, 1.165) is 25.8 Å². The maximum absolute atomic E-state index is 12.3. The van der Waals surface area contributed by atoms with Gasteiger partial charge in [-0.25, -0.2) is 0 Å². The van der Waals surface area contributed by atoms with Crippen molar-refractivity contribution in [1.29, 1.82) is 0 Å². The molecule has 3 rings (SSSR count). The molecule has 2 N–H and O–H groups in total. The first-order valence-corrected chi connectivity index (χ1v) is 7.97. The molecule has 0 spiro atoms. The van der Waals surface area contributed by atoms with Gasteiger partial charge in [0.15, 0.2) is 0 Å². The lowest BCUT2D eigenvalue weighted by Gasteiger charge is -2.06. The number of nitrogens with one attached hydrogen (secondary N) is 1. The van der Waals surface area contributed by atoms with Crippen LogP contribution in [0.25, 0.3) is 11.6 Å². The quantitative estimate of drug-likeness (QED) is 0.701. The van der Waals surface area contributed by atoms with Crippen LogP contribution in [-0.4, -0.2) is 18.1 Å². The molecule has 2 aromatic carbocycles. The van der Waals surface area contributed by atoms with Gasteiger partial charge in [-0.2, -0.15) is 0 Å². The van der Waals surface area contributed by atoms with Crippen LogP contribution in [0.2, 0.25) is 0 Å². The lowest BCUT2D eigenvalue weighted by molar-refractivity contribution is -0.110. The minimum Gasteiger partial charge on any atom is -0.508 e. The van der Waals surface area contributed by atoms with Gasteiger partial charge in [0, 0.05) is 31.7 Å². The molecule has 1 aliphatic rings. The van der Waals surface area contributed by atoms with Crippen LogP contribution in [0, 0.1) is 0 Å². The number of halogens is 2. The summed E-state index contributed by atoms with van der Waals surface area (Å²) in [4.78, 5) is 12.3. The highest BCUT2D eigenvalue weighted by molar-refractivity contribution is 9.11. The number of hydrogen-bond donors (Lipinski definition) is 2. The Kier molecular flexibility index (Phi) is 3.97. The number of hydrogen-bond acceptors (Lipinski definition) is 3. The van der Waals surface area contributed by atoms with Crippen molar-refractivity contribution in [2.24, 2.45) is 0 Å². The number of phenolic OH excluding ortho intramolecular Hbond substituents is 1. The molecule has 22 heavy (non-hydrogen) atoms. The number of anilines is 1. The summed E-state index contributed by atoms with van der Waals surface area (Å²) in [5.41, 5.74) is 2.81. The fourth-order valence-electron chi connectivity index (χ4n) is 2.33. The number of aromatic hydroxyl groups is 1. The number of benzene rings is 2. The molecule has 1 aliphatic heterocycles. The number of carbonyl (C=O) groups excluding carboxylic acids is 1. The van der Waals surface area contributed by atoms with E-state index in [1.165, 1.54) is 13.2 Å². The van der Waals surface area contributed by atoms with Crippen molar-refractivity contribution in [3.8, 4) is 11.5 Å². The monoisotopic (exact) mass is 423 g/mol. The third-order valence-corrected chi connectivity index (χ3v) is 4.43. The standard InChI is InChI=1S/C16H11Br2NO3/c1-22-14-7-10(20)3-2-8(14)4-12-11-5-9(17)6-13(18)15(11)19-16(12)21/h2-7,20H,1H3,(H,19,21). The fraction of sp³-hybridized carbons (Fsp3) is 0.0625. The molecule has 0 aromatic heterocycles. The van der Waals surface area contributed by atoms with E-state index in [1.807, 2.05) is 12.1 Å². The molecule has 0 atom stereocenters. The van der Waals surface area contributed by atoms with Crippen LogP contribution < -0.4 is 10.1 Å². The Morgan fingerprint density at radius 3 is 2.73 bits per heavy atom. The molecule has 0 fully saturated rings. The van der Waals surface area contributed by atoms with E-state index in [2.05, 4.69) is 37.2 Å². The topological polar surface area (TPSA) is 58.6 Å². The van der Waals surface area contributed by atoms with E-state index in [1.54, 1.807) is 18.2 Å². The Balaban J connectivity index is 2.16. The Morgan fingerprint density at radius 2 is 2.00 bits per heavy atom. The summed E-state index contributed by atoms with van der Waals surface area (Å²) in [6.07, 6.45) is 1.75. The minimum absolute atomic E-state index is 0.112. The maximum atomic E-state index is 12.3. The summed E-state index contributed by atoms with van der Waals surface area (Å²) in [6.45, 7) is 0. The van der Waals surface area contributed by atoms with E-state index in [9.17, 15) is 9.90 Å². The summed E-state index contributed by atoms with van der Waals surface area (Å²) in [7, 11) is 1.52. The first kappa shape index (κ1) is 15.1. The molecule has 0 saturated carbocycles. The maximum Gasteiger partial charge on any atom is 0.256 e. The second kappa shape index (κ2) is 5.78. The highest BCUT2D eigenvalue weighted by Crippen LogP contribution is 2.41. The predicted octanol–water partition coefficient (Wildman–Crippen LogP) is 4.42. The average molecular weight is 425 g/mol. The molecular weight excluding hydrogens is 414 g/mol. The van der Waals surface area contributed by atoms with Crippen LogP contribution >= 0.6 is 31.9 Å². The van der Waals surface area contributed by atoms with E-state index in [-0.39, 0.29) is 11.7 Å². The second-order valence-electron chi connectivity index (χ2n) is 4.75. The van der Waals surface area contributed by atoms with E-state index in [4.69, 9.17) is 4.74 Å². The van der Waals surface area contributed by atoms with Gasteiger partial charge < -0.3 is 15.2 Å². The molecule has 1 amide bonds. The number of carbonyl (C=O) groups is 1. The first-order chi connectivity index (χ1) is 10.5. The van der Waals surface area contributed by atoms with Gasteiger partial charge in [-0.15, -0.1) is 0 Å². The molecule has 0 bridgehead atoms. The van der Waals surface area contributed by atoms with E-state index < -0.39 is 0 Å². The molecule has 0 aliphatic carbocycles. The lowest BCUT2D eigenvalue weighted by atomic mass is 10.0. The van der Waals surface area contributed by atoms with Crippen molar-refractivity contribution in [3.05, 3.63) is 50.4 Å². The van der Waals surface area contributed by atoms with Gasteiger partial charge in [0.05, 0.1) is 12.8 Å². The molecule has 6 heteroatoms. The van der Waals surface area contributed by atoms with Gasteiger partial charge in [-0.1, -0.05) is 15.9 Å². The van der Waals surface area contributed by atoms with Gasteiger partial charge in [-0.3, -0.25) is 4.79 Å². The van der Waals surface area contributed by atoms with Crippen molar-refractivity contribution < 1.29 is 14.6 Å². The Hall–Kier alpha value is -1.79. The van der Waals surface area contributed by atoms with E-state index in [0.29, 0.717) is 11.3 Å². The number of ether oxygens (including phenoxy) is 1. The Labute approximate surface area is 144 Å². The Bertz CT molecular complexity index is 815. The van der Waals surface area contributed by atoms with Crippen molar-refractivity contribution in [2.75, 3.05) is 12.4 Å². The number of rotatable bonds is 2. The summed E-state index contributed by atoms with van der Waals surface area (Å²) in [5.74, 6) is 0.438. The molecule has 0 saturated heterocycles. The highest BCUT2D eigenvalue weighted by atomic mass is 79.9. The molecule has 2 aromatic rings. The smallest absolute Gasteiger partial charge is 0.256 e. The summed E-state index contributed by atoms with van der Waals surface area (Å²) in [6, 6.07) is 8.54. The van der Waals surface area contributed by atoms with Crippen LogP contribution in [-0.2, 0) is 4.79 Å². The third-order valence-electron chi connectivity index (χ3n) is 3.35. The second-order valence-corrected chi connectivity index (χ2v) is 6.52. The average Bonchev–Trinajstić information content (AvgIpc) is 2.78. The zero-order valence-electron chi connectivity index (χ0n) is 11.5. The molecule has 4 nitrogen and oxygen atoms in total. The van der Waals surface area contributed by atoms with Crippen molar-refractivity contribution in [2.45, 2.75) is 0 Å². The number of amides is 1. The molecular formula is C16H11Br2NO3. The van der Waals surface area contributed by atoms with Gasteiger partial charge in [0.2, 0.25) is 0 Å². The third kappa shape index (κ3) is 2.64. The van der Waals surface area contributed by atoms with Crippen LogP contribution in [0.3, 0.4) is 0 Å². The number of phenols is 1. The Morgan fingerprint density at radius 1 is 1.23 bits per heavy atom. The van der Waals surface area contributed by atoms with Crippen LogP contribution in [0.5, 0.6) is 11.5 Å². The largest absolute Gasteiger partial charge is 0.508 e. The molecule has 1 heterocycles. The molecule has 0 radical (unpaired) electrons. The van der Waals surface area contributed by atoms with Crippen LogP contribution in [0.1, 0.15) is 11.1 Å². The van der Waals surface area contributed by atoms with Gasteiger partial charge >= 0.3 is 0 Å². The van der Waals surface area contributed by atoms with Gasteiger partial charge in [0.1, 0.15) is 11.5 Å². The fourth-order valence-corrected chi connectivity index (χ4v) is 3.66. The summed E-state index contributed by atoms with van der Waals surface area (Å²) >= 11 is 6.88. The summed E-state index contributed by atoms with van der Waals surface area (Å²) in [5, 5.41) is 12.4. The van der Waals surface area contributed by atoms with Crippen LogP contribution in [0.4, 0.5) is 5.69 Å². The molecule has 0 unspecified atom stereocenters. The zero-order valence-corrected chi connectivity index (χ0v) is 14.7. The normalized spacial score (nSPS) is 14.9.